The van der Waals surface area contributed by atoms with E-state index in [1.54, 1.807) is 11.3 Å². The van der Waals surface area contributed by atoms with Crippen LogP contribution in [-0.4, -0.2) is 16.3 Å². The molecule has 92 valence electrons. The Morgan fingerprint density at radius 2 is 2.24 bits per heavy atom. The van der Waals surface area contributed by atoms with E-state index in [1.165, 1.54) is 16.1 Å². The van der Waals surface area contributed by atoms with Crippen LogP contribution in [0.2, 0.25) is 0 Å². The number of hydrogen-bond donors (Lipinski definition) is 1. The third-order valence-electron chi connectivity index (χ3n) is 3.22. The van der Waals surface area contributed by atoms with Crippen molar-refractivity contribution in [1.29, 1.82) is 0 Å². The summed E-state index contributed by atoms with van der Waals surface area (Å²) < 4.78 is 2.08. The molecular formula is C13H19N3S. The second kappa shape index (κ2) is 5.02. The maximum absolute atomic E-state index is 5.91. The molecule has 0 saturated carbocycles. The Bertz CT molecular complexity index is 485. The molecule has 0 aliphatic heterocycles. The number of hydrogen-bond acceptors (Lipinski definition) is 3. The molecule has 0 aromatic carbocycles. The first kappa shape index (κ1) is 12.3. The van der Waals surface area contributed by atoms with Crippen LogP contribution in [0.25, 0.3) is 0 Å². The van der Waals surface area contributed by atoms with Crippen LogP contribution in [0.5, 0.6) is 0 Å². The Morgan fingerprint density at radius 1 is 1.47 bits per heavy atom. The van der Waals surface area contributed by atoms with Gasteiger partial charge < -0.3 is 5.73 Å². The van der Waals surface area contributed by atoms with Crippen LogP contribution >= 0.6 is 11.3 Å². The quantitative estimate of drug-likeness (QED) is 0.905. The van der Waals surface area contributed by atoms with Crippen LogP contribution in [0, 0.1) is 13.8 Å². The highest BCUT2D eigenvalue weighted by Gasteiger charge is 2.19. The monoisotopic (exact) mass is 249 g/mol. The summed E-state index contributed by atoms with van der Waals surface area (Å²) in [6.07, 6.45) is 1.03. The zero-order valence-corrected chi connectivity index (χ0v) is 11.4. The van der Waals surface area contributed by atoms with Gasteiger partial charge in [-0.15, -0.1) is 11.3 Å². The molecule has 0 spiro atoms. The summed E-state index contributed by atoms with van der Waals surface area (Å²) >= 11 is 1.74. The van der Waals surface area contributed by atoms with Gasteiger partial charge >= 0.3 is 0 Å². The molecule has 4 heteroatoms. The SMILES string of the molecule is CCc1c(C)nn(C(CN)c2cccs2)c1C. The van der Waals surface area contributed by atoms with Gasteiger partial charge in [-0.2, -0.15) is 5.10 Å². The zero-order chi connectivity index (χ0) is 12.4. The molecule has 0 fully saturated rings. The number of aryl methyl sites for hydroxylation is 1. The number of rotatable bonds is 4. The number of nitrogens with zero attached hydrogens (tertiary/aromatic N) is 2. The second-order valence-electron chi connectivity index (χ2n) is 4.21. The topological polar surface area (TPSA) is 43.8 Å². The van der Waals surface area contributed by atoms with Gasteiger partial charge in [-0.05, 0) is 37.3 Å². The summed E-state index contributed by atoms with van der Waals surface area (Å²) in [5.41, 5.74) is 9.63. The van der Waals surface area contributed by atoms with Crippen molar-refractivity contribution in [3.8, 4) is 0 Å². The Morgan fingerprint density at radius 3 is 2.71 bits per heavy atom. The van der Waals surface area contributed by atoms with Gasteiger partial charge in [-0.25, -0.2) is 0 Å². The molecule has 0 amide bonds. The van der Waals surface area contributed by atoms with Crippen LogP contribution in [0.3, 0.4) is 0 Å². The fraction of sp³-hybridized carbons (Fsp3) is 0.462. The number of aromatic nitrogens is 2. The van der Waals surface area contributed by atoms with Gasteiger partial charge in [0, 0.05) is 17.1 Å². The van der Waals surface area contributed by atoms with Crippen LogP contribution in [0.1, 0.15) is 34.8 Å². The molecule has 2 aromatic heterocycles. The normalized spacial score (nSPS) is 12.9. The van der Waals surface area contributed by atoms with Crippen molar-refractivity contribution in [2.45, 2.75) is 33.2 Å². The lowest BCUT2D eigenvalue weighted by atomic mass is 10.1. The van der Waals surface area contributed by atoms with Gasteiger partial charge in [0.25, 0.3) is 0 Å². The first-order valence-electron chi connectivity index (χ1n) is 5.97. The summed E-state index contributed by atoms with van der Waals surface area (Å²) in [6.45, 7) is 6.97. The van der Waals surface area contributed by atoms with E-state index in [4.69, 9.17) is 5.73 Å². The lowest BCUT2D eigenvalue weighted by molar-refractivity contribution is 0.523. The summed E-state index contributed by atoms with van der Waals surface area (Å²) in [7, 11) is 0. The molecule has 17 heavy (non-hydrogen) atoms. The molecule has 3 nitrogen and oxygen atoms in total. The van der Waals surface area contributed by atoms with Crippen molar-refractivity contribution in [2.75, 3.05) is 6.54 Å². The van der Waals surface area contributed by atoms with Crippen LogP contribution in [-0.2, 0) is 6.42 Å². The fourth-order valence-corrected chi connectivity index (χ4v) is 3.15. The molecule has 0 saturated heterocycles. The fourth-order valence-electron chi connectivity index (χ4n) is 2.33. The maximum Gasteiger partial charge on any atom is 0.0985 e. The predicted molar refractivity (Wildman–Crippen MR) is 72.6 cm³/mol. The Labute approximate surface area is 106 Å². The van der Waals surface area contributed by atoms with Crippen molar-refractivity contribution in [2.24, 2.45) is 5.73 Å². The van der Waals surface area contributed by atoms with Crippen LogP contribution in [0.15, 0.2) is 17.5 Å². The standard InChI is InChI=1S/C13H19N3S/c1-4-11-9(2)15-16(10(11)3)12(8-14)13-6-5-7-17-13/h5-7,12H,4,8,14H2,1-3H3. The van der Waals surface area contributed by atoms with Crippen molar-refractivity contribution in [1.82, 2.24) is 9.78 Å². The molecule has 0 radical (unpaired) electrons. The van der Waals surface area contributed by atoms with E-state index in [0.29, 0.717) is 6.54 Å². The van der Waals surface area contributed by atoms with Gasteiger partial charge in [-0.3, -0.25) is 4.68 Å². The molecule has 2 rings (SSSR count). The van der Waals surface area contributed by atoms with Gasteiger partial charge in [-0.1, -0.05) is 13.0 Å². The molecule has 2 aromatic rings. The van der Waals surface area contributed by atoms with Crippen LogP contribution in [0.4, 0.5) is 0 Å². The maximum atomic E-state index is 5.91. The lowest BCUT2D eigenvalue weighted by Crippen LogP contribution is -2.21. The van der Waals surface area contributed by atoms with E-state index >= 15 is 0 Å². The third-order valence-corrected chi connectivity index (χ3v) is 4.19. The molecule has 2 N–H and O–H groups in total. The number of nitrogens with two attached hydrogens (primary N) is 1. The van der Waals surface area contributed by atoms with Crippen molar-refractivity contribution in [3.63, 3.8) is 0 Å². The Balaban J connectivity index is 2.45. The molecule has 1 unspecified atom stereocenters. The highest BCUT2D eigenvalue weighted by Crippen LogP contribution is 2.25. The van der Waals surface area contributed by atoms with Gasteiger partial charge in [0.2, 0.25) is 0 Å². The second-order valence-corrected chi connectivity index (χ2v) is 5.19. The van der Waals surface area contributed by atoms with E-state index in [2.05, 4.69) is 48.1 Å². The van der Waals surface area contributed by atoms with Crippen molar-refractivity contribution < 1.29 is 0 Å². The molecule has 0 aliphatic carbocycles. The lowest BCUT2D eigenvalue weighted by Gasteiger charge is -2.16. The van der Waals surface area contributed by atoms with Crippen molar-refractivity contribution >= 4 is 11.3 Å². The van der Waals surface area contributed by atoms with E-state index in [-0.39, 0.29) is 6.04 Å². The summed E-state index contributed by atoms with van der Waals surface area (Å²) in [5.74, 6) is 0. The summed E-state index contributed by atoms with van der Waals surface area (Å²) in [5, 5.41) is 6.74. The van der Waals surface area contributed by atoms with E-state index < -0.39 is 0 Å². The van der Waals surface area contributed by atoms with Gasteiger partial charge in [0.15, 0.2) is 0 Å². The molecule has 2 heterocycles. The average Bonchev–Trinajstić information content (AvgIpc) is 2.91. The summed E-state index contributed by atoms with van der Waals surface area (Å²) in [4.78, 5) is 1.28. The zero-order valence-electron chi connectivity index (χ0n) is 10.6. The smallest absolute Gasteiger partial charge is 0.0985 e. The van der Waals surface area contributed by atoms with Gasteiger partial charge in [0.05, 0.1) is 11.7 Å². The first-order valence-corrected chi connectivity index (χ1v) is 6.85. The van der Waals surface area contributed by atoms with E-state index in [9.17, 15) is 0 Å². The first-order chi connectivity index (χ1) is 8.19. The van der Waals surface area contributed by atoms with Gasteiger partial charge in [0.1, 0.15) is 0 Å². The molecule has 1 atom stereocenters. The van der Waals surface area contributed by atoms with Crippen LogP contribution < -0.4 is 5.73 Å². The minimum atomic E-state index is 0.175. The minimum absolute atomic E-state index is 0.175. The summed E-state index contributed by atoms with van der Waals surface area (Å²) in [6, 6.07) is 4.37. The third kappa shape index (κ3) is 2.15. The number of thiophene rings is 1. The highest BCUT2D eigenvalue weighted by atomic mass is 32.1. The Kier molecular flexibility index (Phi) is 3.64. The average molecular weight is 249 g/mol. The van der Waals surface area contributed by atoms with E-state index in [0.717, 1.165) is 12.1 Å². The Hall–Kier alpha value is -1.13. The van der Waals surface area contributed by atoms with E-state index in [1.807, 2.05) is 0 Å². The van der Waals surface area contributed by atoms with Crippen molar-refractivity contribution in [3.05, 3.63) is 39.3 Å². The minimum Gasteiger partial charge on any atom is -0.328 e. The molecule has 0 bridgehead atoms. The molecular weight excluding hydrogens is 230 g/mol. The predicted octanol–water partition coefficient (Wildman–Crippen LogP) is 2.67. The largest absolute Gasteiger partial charge is 0.328 e. The molecule has 0 aliphatic rings. The highest BCUT2D eigenvalue weighted by molar-refractivity contribution is 7.10.